The Bertz CT molecular complexity index is 744. The second kappa shape index (κ2) is 11.1. The fraction of sp³-hybridized carbons (Fsp3) is 0.391. The summed E-state index contributed by atoms with van der Waals surface area (Å²) in [4.78, 5) is 27.0. The van der Waals surface area contributed by atoms with E-state index in [0.717, 1.165) is 29.7 Å². The van der Waals surface area contributed by atoms with Crippen LogP contribution >= 0.6 is 0 Å². The molecule has 2 aromatic carbocycles. The average Bonchev–Trinajstić information content (AvgIpc) is 2.71. The maximum atomic E-state index is 12.9. The number of carbonyl (C=O) groups is 2. The van der Waals surface area contributed by atoms with Crippen LogP contribution < -0.4 is 10.1 Å². The first-order valence-electron chi connectivity index (χ1n) is 9.77. The van der Waals surface area contributed by atoms with Crippen LogP contribution in [0.25, 0.3) is 0 Å². The molecule has 2 aromatic rings. The number of ether oxygens (including phenoxy) is 1. The number of rotatable bonds is 10. The molecule has 1 N–H and O–H groups in total. The molecule has 5 nitrogen and oxygen atoms in total. The number of amides is 2. The minimum absolute atomic E-state index is 0.110. The zero-order chi connectivity index (χ0) is 20.4. The highest BCUT2D eigenvalue weighted by atomic mass is 16.5. The molecule has 0 bridgehead atoms. The highest BCUT2D eigenvalue weighted by molar-refractivity contribution is 5.87. The number of methoxy groups -OCH3 is 1. The van der Waals surface area contributed by atoms with Crippen molar-refractivity contribution in [2.24, 2.45) is 0 Å². The number of hydrogen-bond acceptors (Lipinski definition) is 3. The van der Waals surface area contributed by atoms with Crippen molar-refractivity contribution in [1.82, 2.24) is 10.2 Å². The molecule has 1 unspecified atom stereocenters. The van der Waals surface area contributed by atoms with E-state index in [1.54, 1.807) is 12.0 Å². The van der Waals surface area contributed by atoms with E-state index >= 15 is 0 Å². The van der Waals surface area contributed by atoms with Crippen LogP contribution in [0.15, 0.2) is 54.6 Å². The molecule has 0 spiro atoms. The summed E-state index contributed by atoms with van der Waals surface area (Å²) >= 11 is 0. The van der Waals surface area contributed by atoms with Gasteiger partial charge >= 0.3 is 0 Å². The summed E-state index contributed by atoms with van der Waals surface area (Å²) in [5.74, 6) is 0.527. The molecule has 0 aliphatic heterocycles. The van der Waals surface area contributed by atoms with Gasteiger partial charge in [0.1, 0.15) is 11.8 Å². The van der Waals surface area contributed by atoms with Crippen molar-refractivity contribution >= 4 is 11.8 Å². The molecule has 2 rings (SSSR count). The molecule has 28 heavy (non-hydrogen) atoms. The minimum Gasteiger partial charge on any atom is -0.497 e. The molecule has 0 aromatic heterocycles. The normalized spacial score (nSPS) is 11.5. The highest BCUT2D eigenvalue weighted by Crippen LogP contribution is 2.17. The second-order valence-corrected chi connectivity index (χ2v) is 6.85. The quantitative estimate of drug-likeness (QED) is 0.639. The van der Waals surface area contributed by atoms with Crippen molar-refractivity contribution in [1.29, 1.82) is 0 Å². The fourth-order valence-corrected chi connectivity index (χ4v) is 3.06. The number of unbranched alkanes of at least 4 members (excludes halogenated alkanes) is 1. The zero-order valence-electron chi connectivity index (χ0n) is 17.0. The number of benzene rings is 2. The molecule has 0 aliphatic carbocycles. The Labute approximate surface area is 167 Å². The third-order valence-electron chi connectivity index (χ3n) is 4.70. The smallest absolute Gasteiger partial charge is 0.243 e. The van der Waals surface area contributed by atoms with Crippen molar-refractivity contribution in [3.63, 3.8) is 0 Å². The van der Waals surface area contributed by atoms with E-state index in [1.807, 2.05) is 54.6 Å². The van der Waals surface area contributed by atoms with E-state index in [-0.39, 0.29) is 11.8 Å². The highest BCUT2D eigenvalue weighted by Gasteiger charge is 2.28. The fourth-order valence-electron chi connectivity index (χ4n) is 3.06. The molecule has 0 aliphatic rings. The van der Waals surface area contributed by atoms with Crippen LogP contribution in [0.2, 0.25) is 0 Å². The molecule has 5 heteroatoms. The molecule has 150 valence electrons. The van der Waals surface area contributed by atoms with Crippen LogP contribution in [0.1, 0.15) is 37.8 Å². The van der Waals surface area contributed by atoms with Gasteiger partial charge in [0.25, 0.3) is 0 Å². The van der Waals surface area contributed by atoms with Gasteiger partial charge in [-0.1, -0.05) is 55.8 Å². The van der Waals surface area contributed by atoms with Gasteiger partial charge in [-0.25, -0.2) is 0 Å². The summed E-state index contributed by atoms with van der Waals surface area (Å²) in [6.45, 7) is 4.59. The Balaban J connectivity index is 2.23. The van der Waals surface area contributed by atoms with Gasteiger partial charge in [0.2, 0.25) is 11.8 Å². The van der Waals surface area contributed by atoms with E-state index in [4.69, 9.17) is 4.74 Å². The summed E-state index contributed by atoms with van der Waals surface area (Å²) in [6, 6.07) is 16.8. The lowest BCUT2D eigenvalue weighted by molar-refractivity contribution is -0.139. The van der Waals surface area contributed by atoms with Crippen LogP contribution in [-0.4, -0.2) is 36.4 Å². The SMILES string of the molecule is CCCCNC(=O)C(Cc1ccccc1)N(Cc1ccc(OC)cc1)C(C)=O. The Morgan fingerprint density at radius 3 is 2.29 bits per heavy atom. The zero-order valence-corrected chi connectivity index (χ0v) is 17.0. The van der Waals surface area contributed by atoms with Crippen LogP contribution in [0.4, 0.5) is 0 Å². The van der Waals surface area contributed by atoms with Crippen LogP contribution in [0.5, 0.6) is 5.75 Å². The number of hydrogen-bond donors (Lipinski definition) is 1. The van der Waals surface area contributed by atoms with Crippen molar-refractivity contribution in [3.8, 4) is 5.75 Å². The Kier molecular flexibility index (Phi) is 8.53. The van der Waals surface area contributed by atoms with Crippen molar-refractivity contribution in [2.45, 2.75) is 45.7 Å². The first kappa shape index (κ1) is 21.5. The third kappa shape index (κ3) is 6.41. The van der Waals surface area contributed by atoms with Gasteiger partial charge in [-0.3, -0.25) is 9.59 Å². The lowest BCUT2D eigenvalue weighted by atomic mass is 10.0. The van der Waals surface area contributed by atoms with Crippen LogP contribution in [0, 0.1) is 0 Å². The number of carbonyl (C=O) groups excluding carboxylic acids is 2. The Hall–Kier alpha value is -2.82. The van der Waals surface area contributed by atoms with E-state index in [0.29, 0.717) is 19.5 Å². The summed E-state index contributed by atoms with van der Waals surface area (Å²) in [5, 5.41) is 2.99. The second-order valence-electron chi connectivity index (χ2n) is 6.85. The first-order valence-corrected chi connectivity index (χ1v) is 9.77. The van der Waals surface area contributed by atoms with Gasteiger partial charge in [-0.15, -0.1) is 0 Å². The lowest BCUT2D eigenvalue weighted by Crippen LogP contribution is -2.50. The van der Waals surface area contributed by atoms with E-state index in [9.17, 15) is 9.59 Å². The topological polar surface area (TPSA) is 58.6 Å². The van der Waals surface area contributed by atoms with Crippen molar-refractivity contribution < 1.29 is 14.3 Å². The van der Waals surface area contributed by atoms with E-state index in [2.05, 4.69) is 12.2 Å². The minimum atomic E-state index is -0.557. The van der Waals surface area contributed by atoms with Gasteiger partial charge in [0, 0.05) is 26.4 Å². The maximum Gasteiger partial charge on any atom is 0.243 e. The summed E-state index contributed by atoms with van der Waals surface area (Å²) in [5.41, 5.74) is 1.98. The summed E-state index contributed by atoms with van der Waals surface area (Å²) in [6.07, 6.45) is 2.41. The van der Waals surface area contributed by atoms with E-state index < -0.39 is 6.04 Å². The Morgan fingerprint density at radius 2 is 1.71 bits per heavy atom. The monoisotopic (exact) mass is 382 g/mol. The van der Waals surface area contributed by atoms with E-state index in [1.165, 1.54) is 6.92 Å². The molecule has 0 fully saturated rings. The van der Waals surface area contributed by atoms with Crippen LogP contribution in [0.3, 0.4) is 0 Å². The first-order chi connectivity index (χ1) is 13.5. The van der Waals surface area contributed by atoms with Crippen molar-refractivity contribution in [2.75, 3.05) is 13.7 Å². The summed E-state index contributed by atoms with van der Waals surface area (Å²) < 4.78 is 5.20. The maximum absolute atomic E-state index is 12.9. The molecular formula is C23H30N2O3. The molecule has 0 saturated heterocycles. The van der Waals surface area contributed by atoms with Gasteiger partial charge in [-0.2, -0.15) is 0 Å². The van der Waals surface area contributed by atoms with Gasteiger partial charge in [0.05, 0.1) is 7.11 Å². The number of nitrogens with one attached hydrogen (secondary N) is 1. The standard InChI is InChI=1S/C23H30N2O3/c1-4-5-15-24-23(27)22(16-19-9-7-6-8-10-19)25(18(2)26)17-20-11-13-21(28-3)14-12-20/h6-14,22H,4-5,15-17H2,1-3H3,(H,24,27). The third-order valence-corrected chi connectivity index (χ3v) is 4.70. The molecule has 0 heterocycles. The largest absolute Gasteiger partial charge is 0.497 e. The van der Waals surface area contributed by atoms with Crippen molar-refractivity contribution in [3.05, 3.63) is 65.7 Å². The van der Waals surface area contributed by atoms with Gasteiger partial charge in [0.15, 0.2) is 0 Å². The molecular weight excluding hydrogens is 352 g/mol. The van der Waals surface area contributed by atoms with Gasteiger partial charge in [-0.05, 0) is 29.7 Å². The summed E-state index contributed by atoms with van der Waals surface area (Å²) in [7, 11) is 1.62. The predicted octanol–water partition coefficient (Wildman–Crippen LogP) is 3.57. The number of nitrogens with zero attached hydrogens (tertiary/aromatic N) is 1. The van der Waals surface area contributed by atoms with Crippen LogP contribution in [-0.2, 0) is 22.6 Å². The molecule has 1 atom stereocenters. The van der Waals surface area contributed by atoms with Gasteiger partial charge < -0.3 is 15.0 Å². The Morgan fingerprint density at radius 1 is 1.04 bits per heavy atom. The average molecular weight is 383 g/mol. The lowest BCUT2D eigenvalue weighted by Gasteiger charge is -2.30. The predicted molar refractivity (Wildman–Crippen MR) is 111 cm³/mol. The molecule has 0 radical (unpaired) electrons. The molecule has 0 saturated carbocycles. The molecule has 2 amide bonds.